The van der Waals surface area contributed by atoms with Crippen molar-refractivity contribution in [1.82, 2.24) is 14.9 Å². The fourth-order valence-electron chi connectivity index (χ4n) is 2.69. The predicted molar refractivity (Wildman–Crippen MR) is 118 cm³/mol. The molecule has 0 aliphatic heterocycles. The minimum atomic E-state index is -0.576. The van der Waals surface area contributed by atoms with Crippen LogP contribution in [0.25, 0.3) is 0 Å². The summed E-state index contributed by atoms with van der Waals surface area (Å²) >= 11 is 4.30. The first-order chi connectivity index (χ1) is 14.2. The third kappa shape index (κ3) is 5.51. The number of nitrogens with zero attached hydrogens (tertiary/aromatic N) is 3. The highest BCUT2D eigenvalue weighted by Gasteiger charge is 2.20. The molecule has 1 atom stereocenters. The van der Waals surface area contributed by atoms with Crippen LogP contribution in [-0.4, -0.2) is 26.0 Å². The van der Waals surface area contributed by atoms with E-state index in [-0.39, 0.29) is 18.2 Å². The topological polar surface area (TPSA) is 95.1 Å². The first kappa shape index (κ1) is 22.1. The molecular weight excluding hydrogens is 473 g/mol. The van der Waals surface area contributed by atoms with Crippen LogP contribution in [0.15, 0.2) is 46.0 Å². The van der Waals surface area contributed by atoms with Crippen LogP contribution in [0.5, 0.6) is 5.75 Å². The van der Waals surface area contributed by atoms with Crippen molar-refractivity contribution >= 4 is 39.3 Å². The lowest BCUT2D eigenvalue weighted by Gasteiger charge is -2.12. The van der Waals surface area contributed by atoms with Crippen LogP contribution in [0.4, 0.5) is 10.1 Å². The number of carbonyl (C=O) groups excluding carboxylic acids is 1. The Bertz CT molecular complexity index is 1060. The minimum absolute atomic E-state index is 0.104. The van der Waals surface area contributed by atoms with Gasteiger partial charge in [-0.2, -0.15) is 0 Å². The van der Waals surface area contributed by atoms with Gasteiger partial charge in [0.15, 0.2) is 5.82 Å². The summed E-state index contributed by atoms with van der Waals surface area (Å²) in [4.78, 5) is 12.4. The van der Waals surface area contributed by atoms with E-state index < -0.39 is 11.1 Å². The van der Waals surface area contributed by atoms with Crippen molar-refractivity contribution in [3.8, 4) is 5.75 Å². The van der Waals surface area contributed by atoms with Crippen LogP contribution < -0.4 is 15.9 Å². The molecule has 3 N–H and O–H groups in total. The van der Waals surface area contributed by atoms with Crippen LogP contribution in [0.1, 0.15) is 23.9 Å². The SMILES string of the molecule is Cc1cc(C)cc(OCc2nnc(SC(C)C(=O)Nc3ccc(Br)cc3F)n2N)c1. The van der Waals surface area contributed by atoms with E-state index in [0.717, 1.165) is 22.9 Å². The molecule has 1 heterocycles. The number of thioether (sulfide) groups is 1. The number of anilines is 1. The van der Waals surface area contributed by atoms with E-state index in [1.807, 2.05) is 26.0 Å². The molecule has 30 heavy (non-hydrogen) atoms. The second-order valence-electron chi connectivity index (χ2n) is 6.75. The molecule has 10 heteroatoms. The summed E-state index contributed by atoms with van der Waals surface area (Å²) < 4.78 is 21.6. The van der Waals surface area contributed by atoms with Crippen molar-refractivity contribution in [2.45, 2.75) is 37.8 Å². The summed E-state index contributed by atoms with van der Waals surface area (Å²) in [7, 11) is 0. The molecule has 158 valence electrons. The molecule has 1 aromatic heterocycles. The number of halogens is 2. The number of aromatic nitrogens is 3. The highest BCUT2D eigenvalue weighted by atomic mass is 79.9. The Kier molecular flexibility index (Phi) is 6.99. The maximum Gasteiger partial charge on any atom is 0.237 e. The zero-order valence-corrected chi connectivity index (χ0v) is 19.1. The molecule has 0 saturated carbocycles. The Morgan fingerprint density at radius 2 is 1.97 bits per heavy atom. The van der Waals surface area contributed by atoms with Crippen LogP contribution in [0.2, 0.25) is 0 Å². The quantitative estimate of drug-likeness (QED) is 0.378. The van der Waals surface area contributed by atoms with Gasteiger partial charge in [0.2, 0.25) is 11.1 Å². The number of nitrogen functional groups attached to an aromatic ring is 1. The lowest BCUT2D eigenvalue weighted by molar-refractivity contribution is -0.115. The van der Waals surface area contributed by atoms with Crippen molar-refractivity contribution in [3.05, 3.63) is 63.6 Å². The smallest absolute Gasteiger partial charge is 0.237 e. The number of carbonyl (C=O) groups is 1. The van der Waals surface area contributed by atoms with Gasteiger partial charge in [0.25, 0.3) is 0 Å². The second kappa shape index (κ2) is 9.48. The van der Waals surface area contributed by atoms with E-state index in [9.17, 15) is 9.18 Å². The monoisotopic (exact) mass is 493 g/mol. The van der Waals surface area contributed by atoms with E-state index in [1.165, 1.54) is 16.8 Å². The third-order valence-electron chi connectivity index (χ3n) is 4.14. The fourth-order valence-corrected chi connectivity index (χ4v) is 3.81. The average Bonchev–Trinajstić information content (AvgIpc) is 3.01. The summed E-state index contributed by atoms with van der Waals surface area (Å²) in [6.45, 7) is 5.80. The van der Waals surface area contributed by atoms with Crippen molar-refractivity contribution < 1.29 is 13.9 Å². The molecule has 1 amide bonds. The van der Waals surface area contributed by atoms with Gasteiger partial charge < -0.3 is 15.9 Å². The zero-order valence-electron chi connectivity index (χ0n) is 16.6. The number of aryl methyl sites for hydroxylation is 2. The van der Waals surface area contributed by atoms with E-state index in [2.05, 4.69) is 37.5 Å². The Morgan fingerprint density at radius 1 is 1.27 bits per heavy atom. The summed E-state index contributed by atoms with van der Waals surface area (Å²) in [5.41, 5.74) is 2.29. The molecule has 2 aromatic carbocycles. The molecule has 3 rings (SSSR count). The van der Waals surface area contributed by atoms with Gasteiger partial charge in [0, 0.05) is 4.47 Å². The standard InChI is InChI=1S/C20H21BrFN5O2S/c1-11-6-12(2)8-15(7-11)29-10-18-25-26-20(27(18)23)30-13(3)19(28)24-17-5-4-14(21)9-16(17)22/h4-9,13H,10,23H2,1-3H3,(H,24,28). The van der Waals surface area contributed by atoms with Gasteiger partial charge in [0.1, 0.15) is 18.2 Å². The van der Waals surface area contributed by atoms with Gasteiger partial charge in [-0.3, -0.25) is 4.79 Å². The number of ether oxygens (including phenoxy) is 1. The first-order valence-corrected chi connectivity index (χ1v) is 10.7. The third-order valence-corrected chi connectivity index (χ3v) is 5.69. The van der Waals surface area contributed by atoms with Crippen LogP contribution in [-0.2, 0) is 11.4 Å². The first-order valence-electron chi connectivity index (χ1n) is 9.06. The number of nitrogens with one attached hydrogen (secondary N) is 1. The molecule has 7 nitrogen and oxygen atoms in total. The molecule has 0 saturated heterocycles. The van der Waals surface area contributed by atoms with Gasteiger partial charge in [-0.1, -0.05) is 33.8 Å². The van der Waals surface area contributed by atoms with Crippen LogP contribution in [0.3, 0.4) is 0 Å². The number of benzene rings is 2. The maximum atomic E-state index is 13.9. The maximum absolute atomic E-state index is 13.9. The highest BCUT2D eigenvalue weighted by molar-refractivity contribution is 9.10. The molecule has 0 bridgehead atoms. The van der Waals surface area contributed by atoms with E-state index in [1.54, 1.807) is 13.0 Å². The number of nitrogens with two attached hydrogens (primary N) is 1. The van der Waals surface area contributed by atoms with Crippen LogP contribution in [0, 0.1) is 19.7 Å². The van der Waals surface area contributed by atoms with Gasteiger partial charge in [-0.15, -0.1) is 10.2 Å². The molecule has 0 fully saturated rings. The summed E-state index contributed by atoms with van der Waals surface area (Å²) in [5.74, 6) is 6.30. The van der Waals surface area contributed by atoms with Gasteiger partial charge in [0.05, 0.1) is 10.9 Å². The number of amides is 1. The second-order valence-corrected chi connectivity index (χ2v) is 8.98. The van der Waals surface area contributed by atoms with E-state index in [4.69, 9.17) is 10.6 Å². The molecule has 3 aromatic rings. The average molecular weight is 494 g/mol. The molecule has 0 spiro atoms. The molecule has 0 aliphatic rings. The lowest BCUT2D eigenvalue weighted by Crippen LogP contribution is -2.24. The van der Waals surface area contributed by atoms with Gasteiger partial charge in [-0.05, 0) is 62.2 Å². The summed E-state index contributed by atoms with van der Waals surface area (Å²) in [5, 5.41) is 10.4. The highest BCUT2D eigenvalue weighted by Crippen LogP contribution is 2.24. The summed E-state index contributed by atoms with van der Waals surface area (Å²) in [6.07, 6.45) is 0. The molecular formula is C20H21BrFN5O2S. The van der Waals surface area contributed by atoms with Crippen molar-refractivity contribution in [3.63, 3.8) is 0 Å². The normalized spacial score (nSPS) is 11.9. The van der Waals surface area contributed by atoms with Gasteiger partial charge >= 0.3 is 0 Å². The molecule has 1 unspecified atom stereocenters. The Hall–Kier alpha value is -2.59. The fraction of sp³-hybridized carbons (Fsp3) is 0.250. The minimum Gasteiger partial charge on any atom is -0.486 e. The van der Waals surface area contributed by atoms with E-state index >= 15 is 0 Å². The zero-order chi connectivity index (χ0) is 21.8. The number of hydrogen-bond acceptors (Lipinski definition) is 6. The van der Waals surface area contributed by atoms with Crippen molar-refractivity contribution in [2.24, 2.45) is 0 Å². The van der Waals surface area contributed by atoms with Crippen molar-refractivity contribution in [2.75, 3.05) is 11.2 Å². The predicted octanol–water partition coefficient (Wildman–Crippen LogP) is 4.21. The molecule has 0 radical (unpaired) electrons. The van der Waals surface area contributed by atoms with E-state index in [0.29, 0.717) is 21.2 Å². The van der Waals surface area contributed by atoms with Crippen molar-refractivity contribution in [1.29, 1.82) is 0 Å². The number of hydrogen-bond donors (Lipinski definition) is 2. The Labute approximate surface area is 186 Å². The van der Waals surface area contributed by atoms with Crippen LogP contribution >= 0.6 is 27.7 Å². The summed E-state index contributed by atoms with van der Waals surface area (Å²) in [6, 6.07) is 10.3. The largest absolute Gasteiger partial charge is 0.486 e. The number of rotatable bonds is 7. The van der Waals surface area contributed by atoms with Gasteiger partial charge in [-0.25, -0.2) is 9.07 Å². The Balaban J connectivity index is 1.61. The lowest BCUT2D eigenvalue weighted by atomic mass is 10.1. The molecule has 0 aliphatic carbocycles. The Morgan fingerprint density at radius 3 is 2.63 bits per heavy atom.